The van der Waals surface area contributed by atoms with E-state index in [0.717, 1.165) is 19.4 Å². The quantitative estimate of drug-likeness (QED) is 0.794. The summed E-state index contributed by atoms with van der Waals surface area (Å²) >= 11 is 5.88. The lowest BCUT2D eigenvalue weighted by Gasteiger charge is -2.30. The van der Waals surface area contributed by atoms with Gasteiger partial charge in [-0.25, -0.2) is 4.98 Å². The second kappa shape index (κ2) is 6.19. The summed E-state index contributed by atoms with van der Waals surface area (Å²) in [6.07, 6.45) is 3.50. The van der Waals surface area contributed by atoms with Crippen LogP contribution in [0.2, 0.25) is 5.15 Å². The van der Waals surface area contributed by atoms with Crippen LogP contribution >= 0.6 is 24.0 Å². The minimum atomic E-state index is -0.0757. The third kappa shape index (κ3) is 3.31. The van der Waals surface area contributed by atoms with E-state index >= 15 is 0 Å². The maximum absolute atomic E-state index is 12.1. The van der Waals surface area contributed by atoms with Crippen LogP contribution in [0, 0.1) is 0 Å². The van der Waals surface area contributed by atoms with Crippen LogP contribution in [0.25, 0.3) is 0 Å². The molecule has 4 nitrogen and oxygen atoms in total. The molecule has 17 heavy (non-hydrogen) atoms. The van der Waals surface area contributed by atoms with E-state index in [1.807, 2.05) is 0 Å². The molecular weight excluding hydrogens is 261 g/mol. The average molecular weight is 276 g/mol. The predicted molar refractivity (Wildman–Crippen MR) is 69.6 cm³/mol. The van der Waals surface area contributed by atoms with E-state index < -0.39 is 0 Å². The summed E-state index contributed by atoms with van der Waals surface area (Å²) in [5.74, 6) is -0.0757. The normalized spacial score (nSPS) is 19.6. The van der Waals surface area contributed by atoms with Crippen LogP contribution in [-0.4, -0.2) is 34.9 Å². The van der Waals surface area contributed by atoms with Gasteiger partial charge in [-0.15, -0.1) is 12.4 Å². The van der Waals surface area contributed by atoms with E-state index in [-0.39, 0.29) is 29.5 Å². The Morgan fingerprint density at radius 1 is 1.59 bits per heavy atom. The van der Waals surface area contributed by atoms with Crippen LogP contribution < -0.4 is 5.73 Å². The van der Waals surface area contributed by atoms with Gasteiger partial charge in [-0.3, -0.25) is 4.79 Å². The molecule has 1 aliphatic rings. The Morgan fingerprint density at radius 3 is 3.00 bits per heavy atom. The molecule has 2 heterocycles. The minimum Gasteiger partial charge on any atom is -0.337 e. The van der Waals surface area contributed by atoms with E-state index in [2.05, 4.69) is 4.98 Å². The Morgan fingerprint density at radius 2 is 2.35 bits per heavy atom. The number of carbonyl (C=O) groups excluding carboxylic acids is 1. The first-order valence-electron chi connectivity index (χ1n) is 5.34. The molecule has 6 heteroatoms. The van der Waals surface area contributed by atoms with Crippen LogP contribution in [0.3, 0.4) is 0 Å². The van der Waals surface area contributed by atoms with Crippen molar-refractivity contribution in [1.82, 2.24) is 9.88 Å². The van der Waals surface area contributed by atoms with Crippen molar-refractivity contribution in [3.8, 4) is 0 Å². The summed E-state index contributed by atoms with van der Waals surface area (Å²) in [6, 6.07) is 3.48. The predicted octanol–water partition coefficient (Wildman–Crippen LogP) is 1.72. The third-order valence-electron chi connectivity index (χ3n) is 2.73. The number of carbonyl (C=O) groups is 1. The van der Waals surface area contributed by atoms with Crippen LogP contribution in [-0.2, 0) is 0 Å². The van der Waals surface area contributed by atoms with Crippen molar-refractivity contribution >= 4 is 29.9 Å². The van der Waals surface area contributed by atoms with Crippen molar-refractivity contribution in [3.63, 3.8) is 0 Å². The van der Waals surface area contributed by atoms with Crippen molar-refractivity contribution in [1.29, 1.82) is 0 Å². The van der Waals surface area contributed by atoms with Gasteiger partial charge in [0, 0.05) is 25.3 Å². The van der Waals surface area contributed by atoms with Gasteiger partial charge in [0.2, 0.25) is 0 Å². The highest BCUT2D eigenvalue weighted by molar-refractivity contribution is 6.32. The molecule has 1 aromatic heterocycles. The first-order valence-corrected chi connectivity index (χ1v) is 5.71. The minimum absolute atomic E-state index is 0. The monoisotopic (exact) mass is 275 g/mol. The van der Waals surface area contributed by atoms with Gasteiger partial charge in [0.05, 0.1) is 5.56 Å². The van der Waals surface area contributed by atoms with Gasteiger partial charge in [0.15, 0.2) is 0 Å². The average Bonchev–Trinajstić information content (AvgIpc) is 2.29. The number of hydrogen-bond donors (Lipinski definition) is 1. The van der Waals surface area contributed by atoms with Crippen molar-refractivity contribution in [2.24, 2.45) is 5.73 Å². The summed E-state index contributed by atoms with van der Waals surface area (Å²) in [5, 5.41) is 0.256. The summed E-state index contributed by atoms with van der Waals surface area (Å²) in [6.45, 7) is 1.35. The van der Waals surface area contributed by atoms with Crippen LogP contribution in [0.15, 0.2) is 18.3 Å². The molecule has 0 spiro atoms. The van der Waals surface area contributed by atoms with E-state index in [9.17, 15) is 4.79 Å². The SMILES string of the molecule is Cl.NC1CCCN(C(=O)c2cccnc2Cl)C1. The van der Waals surface area contributed by atoms with Crippen molar-refractivity contribution in [2.75, 3.05) is 13.1 Å². The molecule has 2 N–H and O–H groups in total. The number of nitrogens with two attached hydrogens (primary N) is 1. The molecule has 0 aromatic carbocycles. The lowest BCUT2D eigenvalue weighted by Crippen LogP contribution is -2.45. The molecule has 0 radical (unpaired) electrons. The van der Waals surface area contributed by atoms with Gasteiger partial charge in [-0.1, -0.05) is 11.6 Å². The molecule has 1 saturated heterocycles. The maximum Gasteiger partial charge on any atom is 0.257 e. The smallest absolute Gasteiger partial charge is 0.257 e. The summed E-state index contributed by atoms with van der Waals surface area (Å²) in [5.41, 5.74) is 6.29. The van der Waals surface area contributed by atoms with Crippen molar-refractivity contribution in [2.45, 2.75) is 18.9 Å². The van der Waals surface area contributed by atoms with Crippen LogP contribution in [0.4, 0.5) is 0 Å². The molecule has 1 aliphatic heterocycles. The fraction of sp³-hybridized carbons (Fsp3) is 0.455. The fourth-order valence-electron chi connectivity index (χ4n) is 1.91. The molecule has 0 aliphatic carbocycles. The number of hydrogen-bond acceptors (Lipinski definition) is 3. The van der Waals surface area contributed by atoms with Crippen molar-refractivity contribution in [3.05, 3.63) is 29.0 Å². The first-order chi connectivity index (χ1) is 7.68. The fourth-order valence-corrected chi connectivity index (χ4v) is 2.11. The zero-order chi connectivity index (χ0) is 11.5. The molecule has 0 bridgehead atoms. The molecule has 1 fully saturated rings. The number of amides is 1. The Kier molecular flexibility index (Phi) is 5.18. The molecule has 1 amide bonds. The molecule has 2 rings (SSSR count). The first kappa shape index (κ1) is 14.2. The van der Waals surface area contributed by atoms with E-state index in [4.69, 9.17) is 17.3 Å². The molecule has 1 unspecified atom stereocenters. The van der Waals surface area contributed by atoms with Gasteiger partial charge in [-0.05, 0) is 25.0 Å². The number of piperidine rings is 1. The zero-order valence-corrected chi connectivity index (χ0v) is 10.9. The van der Waals surface area contributed by atoms with E-state index in [1.165, 1.54) is 0 Å². The molecule has 1 atom stereocenters. The summed E-state index contributed by atoms with van der Waals surface area (Å²) in [7, 11) is 0. The lowest BCUT2D eigenvalue weighted by atomic mass is 10.1. The zero-order valence-electron chi connectivity index (χ0n) is 9.30. The highest BCUT2D eigenvalue weighted by Crippen LogP contribution is 2.17. The number of aromatic nitrogens is 1. The number of rotatable bonds is 1. The van der Waals surface area contributed by atoms with E-state index in [0.29, 0.717) is 12.1 Å². The number of pyridine rings is 1. The second-order valence-corrected chi connectivity index (χ2v) is 4.35. The third-order valence-corrected chi connectivity index (χ3v) is 3.04. The van der Waals surface area contributed by atoms with E-state index in [1.54, 1.807) is 23.2 Å². The van der Waals surface area contributed by atoms with Gasteiger partial charge in [0.25, 0.3) is 5.91 Å². The van der Waals surface area contributed by atoms with Crippen LogP contribution in [0.5, 0.6) is 0 Å². The Balaban J connectivity index is 0.00000144. The standard InChI is InChI=1S/C11H14ClN3O.ClH/c12-10-9(4-1-5-14-10)11(16)15-6-2-3-8(13)7-15;/h1,4-5,8H,2-3,6-7,13H2;1H. The number of halogens is 2. The number of likely N-dealkylation sites (tertiary alicyclic amines) is 1. The highest BCUT2D eigenvalue weighted by Gasteiger charge is 2.23. The molecule has 0 saturated carbocycles. The molecule has 1 aromatic rings. The van der Waals surface area contributed by atoms with Gasteiger partial charge in [-0.2, -0.15) is 0 Å². The summed E-state index contributed by atoms with van der Waals surface area (Å²) < 4.78 is 0. The largest absolute Gasteiger partial charge is 0.337 e. The lowest BCUT2D eigenvalue weighted by molar-refractivity contribution is 0.0708. The second-order valence-electron chi connectivity index (χ2n) is 4.00. The van der Waals surface area contributed by atoms with Gasteiger partial charge in [0.1, 0.15) is 5.15 Å². The topological polar surface area (TPSA) is 59.2 Å². The highest BCUT2D eigenvalue weighted by atomic mass is 35.5. The van der Waals surface area contributed by atoms with Crippen molar-refractivity contribution < 1.29 is 4.79 Å². The maximum atomic E-state index is 12.1. The Labute approximate surface area is 112 Å². The Bertz CT molecular complexity index is 400. The molecular formula is C11H15Cl2N3O. The molecule has 94 valence electrons. The van der Waals surface area contributed by atoms with Gasteiger partial charge >= 0.3 is 0 Å². The van der Waals surface area contributed by atoms with Crippen LogP contribution in [0.1, 0.15) is 23.2 Å². The number of nitrogens with zero attached hydrogens (tertiary/aromatic N) is 2. The van der Waals surface area contributed by atoms with Gasteiger partial charge < -0.3 is 10.6 Å². The Hall–Kier alpha value is -0.840. The summed E-state index contributed by atoms with van der Waals surface area (Å²) in [4.78, 5) is 17.8.